The number of benzene rings is 4. The Bertz CT molecular complexity index is 1710. The van der Waals surface area contributed by atoms with Crippen LogP contribution in [-0.4, -0.2) is 35.0 Å². The molecule has 0 saturated carbocycles. The van der Waals surface area contributed by atoms with Crippen molar-refractivity contribution in [2.45, 2.75) is 0 Å². The minimum absolute atomic E-state index is 0.000510. The molecule has 0 radical (unpaired) electrons. The zero-order chi connectivity index (χ0) is 28.2. The Kier molecular flexibility index (Phi) is 7.01. The molecular weight excluding hydrogens is 516 g/mol. The number of hydrogen-bond acceptors (Lipinski definition) is 9. The Morgan fingerprint density at radius 2 is 1.35 bits per heavy atom. The van der Waals surface area contributed by atoms with Crippen molar-refractivity contribution < 1.29 is 28.8 Å². The number of hydrogen-bond donors (Lipinski definition) is 1. The summed E-state index contributed by atoms with van der Waals surface area (Å²) in [5.74, 6) is -3.22. The van der Waals surface area contributed by atoms with Gasteiger partial charge in [0.2, 0.25) is 5.78 Å². The topological polar surface area (TPSA) is 157 Å². The summed E-state index contributed by atoms with van der Waals surface area (Å²) in [5.41, 5.74) is -0.337. The van der Waals surface area contributed by atoms with Crippen molar-refractivity contribution in [1.82, 2.24) is 0 Å². The van der Waals surface area contributed by atoms with Gasteiger partial charge in [0.1, 0.15) is 11.1 Å². The number of anilines is 1. The smallest absolute Gasteiger partial charge is 0.345 e. The van der Waals surface area contributed by atoms with E-state index in [0.29, 0.717) is 17.1 Å². The van der Waals surface area contributed by atoms with Crippen LogP contribution in [0.4, 0.5) is 22.7 Å². The number of fused-ring (bicyclic) bond motifs is 2. The average molecular weight is 534 g/mol. The van der Waals surface area contributed by atoms with Crippen LogP contribution in [0.1, 0.15) is 42.2 Å². The molecule has 0 aliphatic heterocycles. The number of nitro benzene ring substituents is 1. The van der Waals surface area contributed by atoms with Crippen LogP contribution in [0.2, 0.25) is 0 Å². The minimum atomic E-state index is -1.19. The van der Waals surface area contributed by atoms with Crippen molar-refractivity contribution in [1.29, 1.82) is 0 Å². The average Bonchev–Trinajstić information content (AvgIpc) is 2.98. The molecule has 40 heavy (non-hydrogen) atoms. The van der Waals surface area contributed by atoms with Gasteiger partial charge < -0.3 is 10.1 Å². The molecule has 1 N–H and O–H groups in total. The lowest BCUT2D eigenvalue weighted by molar-refractivity contribution is -0.385. The van der Waals surface area contributed by atoms with Gasteiger partial charge in [0.15, 0.2) is 12.4 Å². The highest BCUT2D eigenvalue weighted by Crippen LogP contribution is 2.35. The van der Waals surface area contributed by atoms with Crippen LogP contribution in [0.3, 0.4) is 0 Å². The molecule has 4 aromatic carbocycles. The Labute approximate surface area is 226 Å². The van der Waals surface area contributed by atoms with Crippen LogP contribution >= 0.6 is 0 Å². The van der Waals surface area contributed by atoms with Crippen LogP contribution in [0.5, 0.6) is 0 Å². The lowest BCUT2D eigenvalue weighted by Crippen LogP contribution is -2.25. The highest BCUT2D eigenvalue weighted by molar-refractivity contribution is 6.30. The fourth-order valence-corrected chi connectivity index (χ4v) is 4.15. The number of nitro groups is 1. The Hall–Kier alpha value is -5.84. The van der Waals surface area contributed by atoms with Crippen molar-refractivity contribution in [2.75, 3.05) is 11.9 Å². The van der Waals surface area contributed by atoms with E-state index in [1.807, 2.05) is 18.2 Å². The maximum Gasteiger partial charge on any atom is 0.345 e. The number of amides is 1. The fraction of sp³-hybridized carbons (Fsp3) is 0.0345. The number of ether oxygens (including phenoxy) is 1. The first-order chi connectivity index (χ1) is 19.3. The summed E-state index contributed by atoms with van der Waals surface area (Å²) in [5, 5.41) is 22.7. The van der Waals surface area contributed by atoms with E-state index in [9.17, 15) is 29.3 Å². The molecule has 11 heteroatoms. The van der Waals surface area contributed by atoms with E-state index in [2.05, 4.69) is 15.5 Å². The van der Waals surface area contributed by atoms with Gasteiger partial charge in [-0.25, -0.2) is 4.79 Å². The van der Waals surface area contributed by atoms with Gasteiger partial charge in [-0.2, -0.15) is 10.2 Å². The fourth-order valence-electron chi connectivity index (χ4n) is 4.15. The van der Waals surface area contributed by atoms with E-state index in [0.717, 1.165) is 6.07 Å². The van der Waals surface area contributed by atoms with E-state index in [4.69, 9.17) is 4.74 Å². The number of esters is 1. The number of nitrogens with zero attached hydrogens (tertiary/aromatic N) is 3. The molecule has 196 valence electrons. The lowest BCUT2D eigenvalue weighted by atomic mass is 9.82. The molecule has 1 aliphatic carbocycles. The van der Waals surface area contributed by atoms with Crippen molar-refractivity contribution in [2.24, 2.45) is 10.2 Å². The Balaban J connectivity index is 1.27. The van der Waals surface area contributed by atoms with Gasteiger partial charge in [0.05, 0.1) is 16.3 Å². The summed E-state index contributed by atoms with van der Waals surface area (Å²) in [6.07, 6.45) is 0. The van der Waals surface area contributed by atoms with Gasteiger partial charge in [0.25, 0.3) is 11.6 Å². The Morgan fingerprint density at radius 1 is 0.750 bits per heavy atom. The normalized spacial score (nSPS) is 12.0. The second-order valence-electron chi connectivity index (χ2n) is 8.55. The van der Waals surface area contributed by atoms with Gasteiger partial charge in [0, 0.05) is 22.4 Å². The first kappa shape index (κ1) is 25.8. The molecule has 11 nitrogen and oxygen atoms in total. The second-order valence-corrected chi connectivity index (χ2v) is 8.55. The van der Waals surface area contributed by atoms with E-state index in [1.54, 1.807) is 42.5 Å². The van der Waals surface area contributed by atoms with Crippen molar-refractivity contribution in [3.63, 3.8) is 0 Å². The maximum atomic E-state index is 13.1. The van der Waals surface area contributed by atoms with Gasteiger partial charge in [-0.05, 0) is 48.5 Å². The predicted octanol–water partition coefficient (Wildman–Crippen LogP) is 5.58. The summed E-state index contributed by atoms with van der Waals surface area (Å²) in [4.78, 5) is 62.1. The number of azo groups is 1. The van der Waals surface area contributed by atoms with E-state index in [1.165, 1.54) is 24.3 Å². The molecule has 0 unspecified atom stereocenters. The summed E-state index contributed by atoms with van der Waals surface area (Å²) in [7, 11) is 0. The number of carbonyl (C=O) groups excluding carboxylic acids is 4. The van der Waals surface area contributed by atoms with Gasteiger partial charge >= 0.3 is 5.97 Å². The standard InChI is InChI=1S/C29H18N4O7/c34-24(30-17-10-12-19(13-11-17)32-31-18-6-2-1-3-7-18)16-40-29(37)23-15-14-22-25(26(23)33(38)39)28(36)21-9-5-4-8-20(21)27(22)35/h1-15H,16H2,(H,30,34). The zero-order valence-electron chi connectivity index (χ0n) is 20.6. The summed E-state index contributed by atoms with van der Waals surface area (Å²) in [6.45, 7) is -0.752. The van der Waals surface area contributed by atoms with Crippen molar-refractivity contribution in [3.05, 3.63) is 129 Å². The van der Waals surface area contributed by atoms with Crippen LogP contribution in [-0.2, 0) is 9.53 Å². The van der Waals surface area contributed by atoms with Gasteiger partial charge in [-0.1, -0.05) is 42.5 Å². The summed E-state index contributed by atoms with van der Waals surface area (Å²) in [6, 6.07) is 23.7. The third-order valence-corrected chi connectivity index (χ3v) is 5.99. The molecular formula is C29H18N4O7. The molecule has 0 atom stereocenters. The molecule has 0 spiro atoms. The maximum absolute atomic E-state index is 13.1. The molecule has 0 bridgehead atoms. The van der Waals surface area contributed by atoms with Crippen LogP contribution in [0, 0.1) is 10.1 Å². The van der Waals surface area contributed by atoms with E-state index < -0.39 is 51.8 Å². The quantitative estimate of drug-likeness (QED) is 0.123. The number of rotatable bonds is 7. The molecule has 1 aliphatic rings. The third kappa shape index (κ3) is 5.11. The van der Waals surface area contributed by atoms with Gasteiger partial charge in [-0.15, -0.1) is 0 Å². The molecule has 4 aromatic rings. The van der Waals surface area contributed by atoms with Crippen molar-refractivity contribution >= 4 is 46.2 Å². The monoisotopic (exact) mass is 534 g/mol. The zero-order valence-corrected chi connectivity index (χ0v) is 20.6. The summed E-state index contributed by atoms with van der Waals surface area (Å²) >= 11 is 0. The molecule has 0 aromatic heterocycles. The van der Waals surface area contributed by atoms with E-state index >= 15 is 0 Å². The van der Waals surface area contributed by atoms with Gasteiger partial charge in [-0.3, -0.25) is 24.5 Å². The highest BCUT2D eigenvalue weighted by Gasteiger charge is 2.39. The largest absolute Gasteiger partial charge is 0.452 e. The number of ketones is 2. The molecule has 0 heterocycles. The highest BCUT2D eigenvalue weighted by atomic mass is 16.6. The third-order valence-electron chi connectivity index (χ3n) is 5.99. The van der Waals surface area contributed by atoms with Crippen LogP contribution < -0.4 is 5.32 Å². The molecule has 0 saturated heterocycles. The van der Waals surface area contributed by atoms with E-state index in [-0.39, 0.29) is 16.7 Å². The number of nitrogens with one attached hydrogen (secondary N) is 1. The van der Waals surface area contributed by atoms with Crippen LogP contribution in [0.15, 0.2) is 101 Å². The number of carbonyl (C=O) groups is 4. The first-order valence-electron chi connectivity index (χ1n) is 11.9. The molecule has 5 rings (SSSR count). The lowest BCUT2D eigenvalue weighted by Gasteiger charge is -2.18. The molecule has 0 fully saturated rings. The second kappa shape index (κ2) is 10.9. The minimum Gasteiger partial charge on any atom is -0.452 e. The summed E-state index contributed by atoms with van der Waals surface area (Å²) < 4.78 is 5.00. The van der Waals surface area contributed by atoms with Crippen molar-refractivity contribution in [3.8, 4) is 0 Å². The van der Waals surface area contributed by atoms with Crippen LogP contribution in [0.25, 0.3) is 0 Å². The predicted molar refractivity (Wildman–Crippen MR) is 142 cm³/mol. The molecule has 1 amide bonds. The SMILES string of the molecule is O=C(COC(=O)c1ccc2c(c1[N+](=O)[O-])C(=O)c1ccccc1C2=O)Nc1ccc(N=Nc2ccccc2)cc1. The first-order valence-corrected chi connectivity index (χ1v) is 11.9. The Morgan fingerprint density at radius 3 is 2.00 bits per heavy atom.